The van der Waals surface area contributed by atoms with Gasteiger partial charge in [-0.15, -0.1) is 0 Å². The zero-order chi connectivity index (χ0) is 27.6. The minimum Gasteiger partial charge on any atom is -0.493 e. The Balaban J connectivity index is 1.60. The number of likely N-dealkylation sites (N-methyl/N-ethyl adjacent to an activating group) is 1. The molecule has 1 aliphatic carbocycles. The maximum atomic E-state index is 14.9. The number of alkyl halides is 3. The van der Waals surface area contributed by atoms with Crippen LogP contribution in [0.2, 0.25) is 0 Å². The van der Waals surface area contributed by atoms with Crippen LogP contribution in [0.25, 0.3) is 10.9 Å². The second kappa shape index (κ2) is 11.2. The van der Waals surface area contributed by atoms with E-state index in [4.69, 9.17) is 15.2 Å². The van der Waals surface area contributed by atoms with Crippen molar-refractivity contribution >= 4 is 22.4 Å². The zero-order valence-corrected chi connectivity index (χ0v) is 22.0. The van der Waals surface area contributed by atoms with Gasteiger partial charge >= 0.3 is 6.18 Å². The van der Waals surface area contributed by atoms with Crippen LogP contribution >= 0.6 is 0 Å². The van der Waals surface area contributed by atoms with Gasteiger partial charge in [-0.2, -0.15) is 13.2 Å². The van der Waals surface area contributed by atoms with Crippen LogP contribution in [0.4, 0.5) is 29.1 Å². The van der Waals surface area contributed by atoms with Crippen molar-refractivity contribution in [3.8, 4) is 11.5 Å². The number of rotatable bonds is 10. The molecule has 2 aromatic carbocycles. The number of methoxy groups -OCH3 is 1. The van der Waals surface area contributed by atoms with E-state index in [0.29, 0.717) is 46.7 Å². The average molecular weight is 536 g/mol. The van der Waals surface area contributed by atoms with E-state index in [0.717, 1.165) is 19.0 Å². The van der Waals surface area contributed by atoms with Crippen LogP contribution in [0.15, 0.2) is 24.3 Å². The summed E-state index contributed by atoms with van der Waals surface area (Å²) in [5.41, 5.74) is 4.40. The van der Waals surface area contributed by atoms with Crippen molar-refractivity contribution in [3.05, 3.63) is 47.0 Å². The van der Waals surface area contributed by atoms with Gasteiger partial charge in [0.25, 0.3) is 0 Å². The minimum absolute atomic E-state index is 0.186. The van der Waals surface area contributed by atoms with Crippen molar-refractivity contribution in [1.82, 2.24) is 14.9 Å². The van der Waals surface area contributed by atoms with Crippen molar-refractivity contribution in [2.24, 2.45) is 5.92 Å². The number of nitrogen functional groups attached to an aromatic ring is 1. The molecule has 0 spiro atoms. The number of anilines is 2. The molecule has 1 aliphatic rings. The highest BCUT2D eigenvalue weighted by Gasteiger charge is 2.36. The third-order valence-electron chi connectivity index (χ3n) is 6.87. The van der Waals surface area contributed by atoms with Crippen molar-refractivity contribution in [1.29, 1.82) is 0 Å². The Hall–Kier alpha value is -3.34. The number of ether oxygens (including phenoxy) is 2. The Morgan fingerprint density at radius 1 is 1.16 bits per heavy atom. The SMILES string of the molecule is COc1cc2nc(C)nc(N[C@H](C)c3cc(N)cc(C(F)(F)F)c3F)c2cc1OCCN(C)CC1CCC1. The van der Waals surface area contributed by atoms with E-state index in [9.17, 15) is 17.6 Å². The fourth-order valence-electron chi connectivity index (χ4n) is 4.63. The number of nitrogens with zero attached hydrogens (tertiary/aromatic N) is 3. The van der Waals surface area contributed by atoms with Gasteiger partial charge < -0.3 is 25.4 Å². The second-order valence-corrected chi connectivity index (χ2v) is 9.88. The van der Waals surface area contributed by atoms with Gasteiger partial charge in [-0.05, 0) is 57.9 Å². The summed E-state index contributed by atoms with van der Waals surface area (Å²) >= 11 is 0. The average Bonchev–Trinajstić information content (AvgIpc) is 2.81. The summed E-state index contributed by atoms with van der Waals surface area (Å²) in [7, 11) is 3.60. The summed E-state index contributed by atoms with van der Waals surface area (Å²) in [6, 6.07) is 4.34. The molecule has 0 radical (unpaired) electrons. The van der Waals surface area contributed by atoms with Crippen LogP contribution in [0.1, 0.15) is 49.2 Å². The number of halogens is 4. The lowest BCUT2D eigenvalue weighted by Crippen LogP contribution is -2.32. The van der Waals surface area contributed by atoms with Gasteiger partial charge in [-0.1, -0.05) is 6.42 Å². The third-order valence-corrected chi connectivity index (χ3v) is 6.87. The molecule has 0 saturated heterocycles. The van der Waals surface area contributed by atoms with E-state index in [2.05, 4.69) is 27.2 Å². The third kappa shape index (κ3) is 6.20. The molecule has 0 aliphatic heterocycles. The minimum atomic E-state index is -4.87. The fourth-order valence-corrected chi connectivity index (χ4v) is 4.63. The highest BCUT2D eigenvalue weighted by molar-refractivity contribution is 5.92. The maximum absolute atomic E-state index is 14.9. The Kier molecular flexibility index (Phi) is 8.15. The van der Waals surface area contributed by atoms with Crippen LogP contribution in [0, 0.1) is 18.7 Å². The predicted molar refractivity (Wildman–Crippen MR) is 139 cm³/mol. The number of nitrogens with two attached hydrogens (primary N) is 1. The van der Waals surface area contributed by atoms with Gasteiger partial charge in [0.05, 0.1) is 24.2 Å². The molecule has 1 aromatic heterocycles. The second-order valence-electron chi connectivity index (χ2n) is 9.88. The molecule has 7 nitrogen and oxygen atoms in total. The Morgan fingerprint density at radius 2 is 1.89 bits per heavy atom. The highest BCUT2D eigenvalue weighted by Crippen LogP contribution is 2.38. The van der Waals surface area contributed by atoms with E-state index in [-0.39, 0.29) is 11.3 Å². The van der Waals surface area contributed by atoms with Crippen LogP contribution < -0.4 is 20.5 Å². The predicted octanol–water partition coefficient (Wildman–Crippen LogP) is 5.97. The van der Waals surface area contributed by atoms with Gasteiger partial charge in [0, 0.05) is 35.8 Å². The molecular formula is C27H33F4N5O2. The normalized spacial score (nSPS) is 15.0. The van der Waals surface area contributed by atoms with Crippen molar-refractivity contribution in [2.45, 2.75) is 45.3 Å². The summed E-state index contributed by atoms with van der Waals surface area (Å²) in [4.78, 5) is 11.1. The van der Waals surface area contributed by atoms with Gasteiger partial charge in [0.1, 0.15) is 24.1 Å². The lowest BCUT2D eigenvalue weighted by Gasteiger charge is -2.30. The van der Waals surface area contributed by atoms with Crippen LogP contribution in [0.3, 0.4) is 0 Å². The monoisotopic (exact) mass is 535 g/mol. The Bertz CT molecular complexity index is 1300. The molecule has 0 bridgehead atoms. The van der Waals surface area contributed by atoms with E-state index < -0.39 is 23.6 Å². The fraction of sp³-hybridized carbons (Fsp3) is 0.481. The molecule has 4 rings (SSSR count). The molecule has 206 valence electrons. The Labute approximate surface area is 219 Å². The first-order valence-corrected chi connectivity index (χ1v) is 12.6. The number of nitrogens with one attached hydrogen (secondary N) is 1. The molecule has 1 fully saturated rings. The quantitative estimate of drug-likeness (QED) is 0.244. The highest BCUT2D eigenvalue weighted by atomic mass is 19.4. The molecule has 1 saturated carbocycles. The largest absolute Gasteiger partial charge is 0.493 e. The van der Waals surface area contributed by atoms with Crippen LogP contribution in [0.5, 0.6) is 11.5 Å². The molecular weight excluding hydrogens is 502 g/mol. The molecule has 3 aromatic rings. The molecule has 0 unspecified atom stereocenters. The lowest BCUT2D eigenvalue weighted by atomic mass is 9.85. The van der Waals surface area contributed by atoms with E-state index >= 15 is 0 Å². The lowest BCUT2D eigenvalue weighted by molar-refractivity contribution is -0.140. The van der Waals surface area contributed by atoms with Gasteiger partial charge in [0.15, 0.2) is 11.5 Å². The zero-order valence-electron chi connectivity index (χ0n) is 22.0. The van der Waals surface area contributed by atoms with Gasteiger partial charge in [-0.25, -0.2) is 14.4 Å². The molecule has 1 heterocycles. The van der Waals surface area contributed by atoms with Gasteiger partial charge in [0.2, 0.25) is 0 Å². The first-order valence-electron chi connectivity index (χ1n) is 12.6. The number of aromatic nitrogens is 2. The summed E-state index contributed by atoms with van der Waals surface area (Å²) in [5, 5.41) is 3.60. The smallest absolute Gasteiger partial charge is 0.419 e. The van der Waals surface area contributed by atoms with E-state index in [1.54, 1.807) is 26.0 Å². The summed E-state index contributed by atoms with van der Waals surface area (Å²) in [6.45, 7) is 5.44. The van der Waals surface area contributed by atoms with E-state index in [1.807, 2.05) is 0 Å². The number of hydrogen-bond acceptors (Lipinski definition) is 7. The number of benzene rings is 2. The topological polar surface area (TPSA) is 85.5 Å². The van der Waals surface area contributed by atoms with Crippen molar-refractivity contribution in [2.75, 3.05) is 44.9 Å². The first-order chi connectivity index (χ1) is 18.0. The summed E-state index contributed by atoms with van der Waals surface area (Å²) in [5.74, 6) is 1.10. The van der Waals surface area contributed by atoms with Crippen LogP contribution in [-0.4, -0.2) is 48.7 Å². The first kappa shape index (κ1) is 27.7. The molecule has 38 heavy (non-hydrogen) atoms. The number of fused-ring (bicyclic) bond motifs is 1. The van der Waals surface area contributed by atoms with Crippen molar-refractivity contribution < 1.29 is 27.0 Å². The molecule has 3 N–H and O–H groups in total. The van der Waals surface area contributed by atoms with E-state index in [1.165, 1.54) is 32.4 Å². The molecule has 1 atom stereocenters. The summed E-state index contributed by atoms with van der Waals surface area (Å²) < 4.78 is 66.5. The standard InChI is InChI=1S/C27H33F4N5O2/c1-15(19-10-18(32)11-21(25(19)28)27(29,30)31)33-26-20-12-24(23(37-4)13-22(20)34-16(2)35-26)38-9-8-36(3)14-17-6-5-7-17/h10-13,15,17H,5-9,14,32H2,1-4H3,(H,33,34,35)/t15-/m1/s1. The summed E-state index contributed by atoms with van der Waals surface area (Å²) in [6.07, 6.45) is -1.03. The molecule has 11 heteroatoms. The molecule has 0 amide bonds. The number of hydrogen-bond donors (Lipinski definition) is 2. The maximum Gasteiger partial charge on any atom is 0.419 e. The number of aryl methyl sites for hydroxylation is 1. The van der Waals surface area contributed by atoms with Gasteiger partial charge in [-0.3, -0.25) is 0 Å². The van der Waals surface area contributed by atoms with Crippen LogP contribution in [-0.2, 0) is 6.18 Å². The van der Waals surface area contributed by atoms with Crippen molar-refractivity contribution in [3.63, 3.8) is 0 Å². The Morgan fingerprint density at radius 3 is 2.53 bits per heavy atom.